The van der Waals surface area contributed by atoms with Crippen LogP contribution in [0.5, 0.6) is 0 Å². The highest BCUT2D eigenvalue weighted by Gasteiger charge is 2.28. The first kappa shape index (κ1) is 14.5. The lowest BCUT2D eigenvalue weighted by atomic mass is 10.0. The number of hydrogen-bond donors (Lipinski definition) is 3. The number of likely N-dealkylation sites (N-methyl/N-ethyl adjacent to an activating group) is 1. The van der Waals surface area contributed by atoms with E-state index in [-0.39, 0.29) is 5.66 Å². The van der Waals surface area contributed by atoms with E-state index in [0.29, 0.717) is 5.96 Å². The van der Waals surface area contributed by atoms with Gasteiger partial charge in [-0.3, -0.25) is 10.7 Å². The molecular formula is C13H23N7. The van der Waals surface area contributed by atoms with Crippen LogP contribution in [0.1, 0.15) is 40.0 Å². The van der Waals surface area contributed by atoms with Crippen molar-refractivity contribution in [1.82, 2.24) is 25.5 Å². The molecule has 2 heterocycles. The Hall–Kier alpha value is -1.89. The van der Waals surface area contributed by atoms with Crippen LogP contribution in [0, 0.1) is 0 Å². The summed E-state index contributed by atoms with van der Waals surface area (Å²) in [7, 11) is 0. The van der Waals surface area contributed by atoms with Gasteiger partial charge in [-0.25, -0.2) is 9.67 Å². The van der Waals surface area contributed by atoms with E-state index in [0.717, 1.165) is 25.8 Å². The predicted octanol–water partition coefficient (Wildman–Crippen LogP) is 1.18. The van der Waals surface area contributed by atoms with E-state index in [1.165, 1.54) is 5.70 Å². The third kappa shape index (κ3) is 3.36. The lowest BCUT2D eigenvalue weighted by Gasteiger charge is -2.33. The fourth-order valence-electron chi connectivity index (χ4n) is 2.28. The second-order valence-electron chi connectivity index (χ2n) is 4.79. The molecule has 110 valence electrons. The molecule has 0 amide bonds. The van der Waals surface area contributed by atoms with Crippen molar-refractivity contribution in [3.63, 3.8) is 0 Å². The van der Waals surface area contributed by atoms with Gasteiger partial charge in [0, 0.05) is 5.70 Å². The number of aromatic nitrogens is 3. The number of hydrogen-bond acceptors (Lipinski definition) is 6. The zero-order valence-corrected chi connectivity index (χ0v) is 12.3. The van der Waals surface area contributed by atoms with Gasteiger partial charge >= 0.3 is 0 Å². The number of nitrogens with zero attached hydrogens (tertiary/aromatic N) is 4. The molecule has 1 aromatic rings. The molecule has 1 aliphatic rings. The van der Waals surface area contributed by atoms with Crippen molar-refractivity contribution in [2.75, 3.05) is 12.0 Å². The first-order valence-electron chi connectivity index (χ1n) is 7.16. The quantitative estimate of drug-likeness (QED) is 0.727. The van der Waals surface area contributed by atoms with Crippen LogP contribution in [0.4, 0.5) is 0 Å². The molecule has 0 aliphatic carbocycles. The minimum atomic E-state index is -0.346. The topological polar surface area (TPSA) is 79.2 Å². The molecule has 1 aromatic heterocycles. The minimum absolute atomic E-state index is 0.346. The average molecular weight is 277 g/mol. The van der Waals surface area contributed by atoms with Crippen molar-refractivity contribution in [3.05, 3.63) is 24.4 Å². The van der Waals surface area contributed by atoms with Gasteiger partial charge in [0.2, 0.25) is 5.96 Å². The van der Waals surface area contributed by atoms with Crippen LogP contribution in [-0.4, -0.2) is 33.0 Å². The predicted molar refractivity (Wildman–Crippen MR) is 79.6 cm³/mol. The molecule has 0 fully saturated rings. The fraction of sp³-hybridized carbons (Fsp3) is 0.615. The van der Waals surface area contributed by atoms with E-state index < -0.39 is 0 Å². The highest BCUT2D eigenvalue weighted by Crippen LogP contribution is 2.21. The maximum absolute atomic E-state index is 4.76. The van der Waals surface area contributed by atoms with Crippen LogP contribution < -0.4 is 16.1 Å². The molecule has 7 nitrogen and oxygen atoms in total. The number of guanidine groups is 1. The van der Waals surface area contributed by atoms with Crippen molar-refractivity contribution in [2.24, 2.45) is 4.99 Å². The molecule has 0 spiro atoms. The Morgan fingerprint density at radius 1 is 1.25 bits per heavy atom. The Balaban J connectivity index is 2.22. The first-order valence-corrected chi connectivity index (χ1v) is 7.16. The van der Waals surface area contributed by atoms with Gasteiger partial charge in [0.25, 0.3) is 0 Å². The molecule has 0 aromatic carbocycles. The lowest BCUT2D eigenvalue weighted by Crippen LogP contribution is -2.49. The molecular weight excluding hydrogens is 254 g/mol. The van der Waals surface area contributed by atoms with Gasteiger partial charge in [-0.2, -0.15) is 0 Å². The van der Waals surface area contributed by atoms with E-state index in [1.807, 2.05) is 0 Å². The Bertz CT molecular complexity index is 477. The molecule has 1 atom stereocenters. The summed E-state index contributed by atoms with van der Waals surface area (Å²) in [5.41, 5.74) is 3.98. The van der Waals surface area contributed by atoms with Gasteiger partial charge < -0.3 is 5.32 Å². The molecule has 1 aliphatic heterocycles. The minimum Gasteiger partial charge on any atom is -0.329 e. The van der Waals surface area contributed by atoms with E-state index in [4.69, 9.17) is 4.99 Å². The van der Waals surface area contributed by atoms with E-state index >= 15 is 0 Å². The third-order valence-electron chi connectivity index (χ3n) is 3.20. The molecule has 1 unspecified atom stereocenters. The van der Waals surface area contributed by atoms with Crippen LogP contribution in [-0.2, 0) is 0 Å². The summed E-state index contributed by atoms with van der Waals surface area (Å²) < 4.78 is 1.67. The van der Waals surface area contributed by atoms with Gasteiger partial charge in [0.15, 0.2) is 0 Å². The van der Waals surface area contributed by atoms with Crippen molar-refractivity contribution in [3.8, 4) is 0 Å². The maximum Gasteiger partial charge on any atom is 0.217 e. The number of rotatable bonds is 6. The van der Waals surface area contributed by atoms with E-state index in [9.17, 15) is 0 Å². The van der Waals surface area contributed by atoms with Crippen LogP contribution in [0.3, 0.4) is 0 Å². The molecule has 0 saturated carbocycles. The Morgan fingerprint density at radius 3 is 2.60 bits per heavy atom. The molecule has 0 saturated heterocycles. The van der Waals surface area contributed by atoms with Crippen molar-refractivity contribution < 1.29 is 0 Å². The van der Waals surface area contributed by atoms with Crippen LogP contribution in [0.25, 0.3) is 0 Å². The van der Waals surface area contributed by atoms with Gasteiger partial charge in [-0.15, -0.1) is 10.2 Å². The van der Waals surface area contributed by atoms with Crippen LogP contribution in [0.15, 0.2) is 29.4 Å². The summed E-state index contributed by atoms with van der Waals surface area (Å²) in [6.07, 6.45) is 8.37. The van der Waals surface area contributed by atoms with Gasteiger partial charge in [-0.05, 0) is 25.5 Å². The summed E-state index contributed by atoms with van der Waals surface area (Å²) in [6.45, 7) is 7.26. The highest BCUT2D eigenvalue weighted by atomic mass is 15.5. The summed E-state index contributed by atoms with van der Waals surface area (Å²) in [6, 6.07) is 0. The maximum atomic E-state index is 4.76. The lowest BCUT2D eigenvalue weighted by molar-refractivity contribution is 0.404. The zero-order valence-electron chi connectivity index (χ0n) is 12.3. The second kappa shape index (κ2) is 6.51. The summed E-state index contributed by atoms with van der Waals surface area (Å²) in [5.74, 6) is 0.707. The van der Waals surface area contributed by atoms with E-state index in [2.05, 4.69) is 53.1 Å². The third-order valence-corrected chi connectivity index (χ3v) is 3.20. The smallest absolute Gasteiger partial charge is 0.217 e. The van der Waals surface area contributed by atoms with E-state index in [1.54, 1.807) is 17.3 Å². The van der Waals surface area contributed by atoms with Crippen molar-refractivity contribution >= 4 is 5.96 Å². The molecule has 3 N–H and O–H groups in total. The fourth-order valence-corrected chi connectivity index (χ4v) is 2.28. The number of allylic oxidation sites excluding steroid dienone is 1. The van der Waals surface area contributed by atoms with Gasteiger partial charge in [0.05, 0.1) is 0 Å². The van der Waals surface area contributed by atoms with Crippen molar-refractivity contribution in [1.29, 1.82) is 0 Å². The molecule has 20 heavy (non-hydrogen) atoms. The SMILES string of the molecule is CCCC1=CC(CC)(NCC)N=C(Nn2cnnc2)N1. The summed E-state index contributed by atoms with van der Waals surface area (Å²) in [4.78, 5) is 4.76. The number of aliphatic imine (C=N–C) groups is 1. The largest absolute Gasteiger partial charge is 0.329 e. The second-order valence-corrected chi connectivity index (χ2v) is 4.79. The molecule has 0 bridgehead atoms. The van der Waals surface area contributed by atoms with Crippen molar-refractivity contribution in [2.45, 2.75) is 45.7 Å². The standard InChI is InChI=1S/C13H23N7/c1-4-7-11-8-13(5-2,14-6-3)18-12(17-11)19-20-9-15-16-10-20/h8-10,14H,4-7H2,1-3H3,(H2,17,18,19). The normalized spacial score (nSPS) is 21.9. The highest BCUT2D eigenvalue weighted by molar-refractivity contribution is 5.90. The van der Waals surface area contributed by atoms with Crippen LogP contribution >= 0.6 is 0 Å². The summed E-state index contributed by atoms with van der Waals surface area (Å²) in [5, 5.41) is 14.3. The Morgan fingerprint density at radius 2 is 2.00 bits per heavy atom. The zero-order chi connectivity index (χ0) is 14.4. The molecule has 7 heteroatoms. The summed E-state index contributed by atoms with van der Waals surface area (Å²) >= 11 is 0. The molecule has 2 rings (SSSR count). The Labute approximate surface area is 119 Å². The Kier molecular flexibility index (Phi) is 4.73. The monoisotopic (exact) mass is 277 g/mol. The van der Waals surface area contributed by atoms with Crippen LogP contribution in [0.2, 0.25) is 0 Å². The number of nitrogens with one attached hydrogen (secondary N) is 3. The molecule has 0 radical (unpaired) electrons. The first-order chi connectivity index (χ1) is 9.71. The average Bonchev–Trinajstić information content (AvgIpc) is 2.92. The van der Waals surface area contributed by atoms with Gasteiger partial charge in [-0.1, -0.05) is 27.2 Å². The van der Waals surface area contributed by atoms with Gasteiger partial charge in [0.1, 0.15) is 18.3 Å².